The van der Waals surface area contributed by atoms with Crippen LogP contribution in [0.4, 0.5) is 15.9 Å². The van der Waals surface area contributed by atoms with Crippen molar-refractivity contribution in [1.82, 2.24) is 15.3 Å². The third kappa shape index (κ3) is 4.67. The van der Waals surface area contributed by atoms with E-state index in [1.54, 1.807) is 24.4 Å². The summed E-state index contributed by atoms with van der Waals surface area (Å²) in [5.74, 6) is -0.498. The number of fused-ring (bicyclic) bond motifs is 1. The number of nitrogens with one attached hydrogen (secondary N) is 2. The largest absolute Gasteiger partial charge is 0.396 e. The Morgan fingerprint density at radius 1 is 1.09 bits per heavy atom. The van der Waals surface area contributed by atoms with Crippen LogP contribution in [0, 0.1) is 5.82 Å². The molecule has 0 fully saturated rings. The molecular formula is C25H24FN5O. The first kappa shape index (κ1) is 21.2. The van der Waals surface area contributed by atoms with Gasteiger partial charge in [-0.25, -0.2) is 9.37 Å². The van der Waals surface area contributed by atoms with Gasteiger partial charge < -0.3 is 16.4 Å². The number of hydrogen-bond acceptors (Lipinski definition) is 5. The molecule has 4 rings (SSSR count). The molecule has 0 atom stereocenters. The second-order valence-corrected chi connectivity index (χ2v) is 7.47. The minimum Gasteiger partial charge on any atom is -0.396 e. The van der Waals surface area contributed by atoms with Crippen LogP contribution in [0.2, 0.25) is 0 Å². The van der Waals surface area contributed by atoms with Crippen molar-refractivity contribution in [2.45, 2.75) is 19.9 Å². The van der Waals surface area contributed by atoms with E-state index in [1.807, 2.05) is 31.2 Å². The lowest BCUT2D eigenvalue weighted by atomic mass is 10.1. The van der Waals surface area contributed by atoms with Crippen molar-refractivity contribution >= 4 is 28.3 Å². The molecule has 0 aliphatic heterocycles. The zero-order chi connectivity index (χ0) is 22.5. The third-order valence-electron chi connectivity index (χ3n) is 5.10. The Hall–Kier alpha value is -4.00. The van der Waals surface area contributed by atoms with Crippen LogP contribution in [-0.2, 0) is 6.54 Å². The first-order chi connectivity index (χ1) is 15.5. The van der Waals surface area contributed by atoms with Gasteiger partial charge in [-0.2, -0.15) is 0 Å². The summed E-state index contributed by atoms with van der Waals surface area (Å²) in [6.07, 6.45) is 2.55. The lowest BCUT2D eigenvalue weighted by Gasteiger charge is -2.12. The summed E-state index contributed by atoms with van der Waals surface area (Å²) < 4.78 is 14.6. The number of nitrogens with two attached hydrogens (primary N) is 1. The van der Waals surface area contributed by atoms with E-state index in [4.69, 9.17) is 5.73 Å². The number of pyridine rings is 2. The van der Waals surface area contributed by atoms with Crippen molar-refractivity contribution in [2.75, 3.05) is 17.6 Å². The summed E-state index contributed by atoms with van der Waals surface area (Å²) in [5, 5.41) is 7.00. The predicted molar refractivity (Wildman–Crippen MR) is 126 cm³/mol. The van der Waals surface area contributed by atoms with Gasteiger partial charge in [0.05, 0.1) is 22.5 Å². The normalized spacial score (nSPS) is 10.8. The molecule has 0 spiro atoms. The number of benzene rings is 2. The Morgan fingerprint density at radius 3 is 2.78 bits per heavy atom. The highest BCUT2D eigenvalue weighted by Gasteiger charge is 2.13. The zero-order valence-corrected chi connectivity index (χ0v) is 17.7. The maximum absolute atomic E-state index is 14.6. The number of halogens is 1. The fourth-order valence-corrected chi connectivity index (χ4v) is 3.39. The zero-order valence-electron chi connectivity index (χ0n) is 17.7. The number of aromatic nitrogens is 2. The Balaban J connectivity index is 1.53. The number of nitrogen functional groups attached to an aromatic ring is 1. The molecule has 162 valence electrons. The number of nitrogens with zero attached hydrogens (tertiary/aromatic N) is 2. The monoisotopic (exact) mass is 429 g/mol. The Bertz CT molecular complexity index is 1270. The molecule has 7 heteroatoms. The molecule has 1 amide bonds. The highest BCUT2D eigenvalue weighted by atomic mass is 19.1. The van der Waals surface area contributed by atoms with Gasteiger partial charge in [-0.05, 0) is 54.4 Å². The topological polar surface area (TPSA) is 92.9 Å². The average molecular weight is 429 g/mol. The van der Waals surface area contributed by atoms with Gasteiger partial charge in [0.1, 0.15) is 11.6 Å². The van der Waals surface area contributed by atoms with E-state index in [-0.39, 0.29) is 5.56 Å². The maximum Gasteiger partial charge on any atom is 0.254 e. The van der Waals surface area contributed by atoms with Gasteiger partial charge in [-0.15, -0.1) is 0 Å². The molecule has 0 unspecified atom stereocenters. The molecule has 0 saturated heterocycles. The lowest BCUT2D eigenvalue weighted by Crippen LogP contribution is -2.24. The van der Waals surface area contributed by atoms with Gasteiger partial charge in [0.2, 0.25) is 0 Å². The number of carbonyl (C=O) groups is 1. The first-order valence-electron chi connectivity index (χ1n) is 10.5. The van der Waals surface area contributed by atoms with Crippen LogP contribution >= 0.6 is 0 Å². The number of hydrogen-bond donors (Lipinski definition) is 3. The third-order valence-corrected chi connectivity index (χ3v) is 5.10. The summed E-state index contributed by atoms with van der Waals surface area (Å²) in [6.45, 7) is 2.97. The highest BCUT2D eigenvalue weighted by molar-refractivity contribution is 5.95. The molecule has 0 bridgehead atoms. The second-order valence-electron chi connectivity index (χ2n) is 7.47. The van der Waals surface area contributed by atoms with Crippen molar-refractivity contribution in [1.29, 1.82) is 0 Å². The van der Waals surface area contributed by atoms with E-state index in [2.05, 4.69) is 26.7 Å². The number of carbonyl (C=O) groups excluding carboxylic acids is 1. The van der Waals surface area contributed by atoms with Crippen LogP contribution < -0.4 is 16.4 Å². The lowest BCUT2D eigenvalue weighted by molar-refractivity contribution is 0.0949. The Morgan fingerprint density at radius 2 is 1.97 bits per heavy atom. The molecule has 4 N–H and O–H groups in total. The minimum absolute atomic E-state index is 0.0155. The van der Waals surface area contributed by atoms with Crippen molar-refractivity contribution < 1.29 is 9.18 Å². The van der Waals surface area contributed by atoms with E-state index in [1.165, 1.54) is 12.1 Å². The molecular weight excluding hydrogens is 405 g/mol. The fraction of sp³-hybridized carbons (Fsp3) is 0.160. The second kappa shape index (κ2) is 9.43. The highest BCUT2D eigenvalue weighted by Crippen LogP contribution is 2.25. The SMILES string of the molecule is CCCNC(=O)c1ccc(-c2ccc(N)c(NCc3ccc4ncccc4c3)n2)cc1F. The van der Waals surface area contributed by atoms with Gasteiger partial charge in [0.25, 0.3) is 5.91 Å². The molecule has 4 aromatic rings. The van der Waals surface area contributed by atoms with Gasteiger partial charge in [0.15, 0.2) is 0 Å². The summed E-state index contributed by atoms with van der Waals surface area (Å²) in [6, 6.07) is 17.9. The molecule has 32 heavy (non-hydrogen) atoms. The molecule has 6 nitrogen and oxygen atoms in total. The van der Waals surface area contributed by atoms with Gasteiger partial charge in [-0.3, -0.25) is 9.78 Å². The number of rotatable bonds is 7. The minimum atomic E-state index is -0.589. The first-order valence-corrected chi connectivity index (χ1v) is 10.5. The van der Waals surface area contributed by atoms with E-state index in [0.717, 1.165) is 22.9 Å². The Kier molecular flexibility index (Phi) is 6.26. The quantitative estimate of drug-likeness (QED) is 0.394. The predicted octanol–water partition coefficient (Wildman–Crippen LogP) is 4.77. The number of anilines is 2. The van der Waals surface area contributed by atoms with E-state index < -0.39 is 11.7 Å². The van der Waals surface area contributed by atoms with Crippen LogP contribution in [0.5, 0.6) is 0 Å². The fourth-order valence-electron chi connectivity index (χ4n) is 3.39. The molecule has 0 aliphatic rings. The molecule has 0 aliphatic carbocycles. The van der Waals surface area contributed by atoms with Crippen LogP contribution in [0.1, 0.15) is 29.3 Å². The van der Waals surface area contributed by atoms with E-state index in [0.29, 0.717) is 35.9 Å². The van der Waals surface area contributed by atoms with Crippen LogP contribution in [0.3, 0.4) is 0 Å². The number of amides is 1. The van der Waals surface area contributed by atoms with Crippen molar-refractivity contribution in [2.24, 2.45) is 0 Å². The van der Waals surface area contributed by atoms with Crippen LogP contribution in [0.15, 0.2) is 66.9 Å². The molecule has 2 aromatic heterocycles. The summed E-state index contributed by atoms with van der Waals surface area (Å²) in [4.78, 5) is 21.0. The standard InChI is InChI=1S/C25H24FN5O/c1-2-11-29-25(32)19-7-6-18(14-20(19)26)23-10-8-21(27)24(31-23)30-15-16-5-9-22-17(13-16)4-3-12-28-22/h3-10,12-14H,2,11,15,27H2,1H3,(H,29,32)(H,30,31). The maximum atomic E-state index is 14.6. The molecule has 0 radical (unpaired) electrons. The summed E-state index contributed by atoms with van der Waals surface area (Å²) in [5.41, 5.74) is 9.73. The van der Waals surface area contributed by atoms with Crippen molar-refractivity contribution in [3.05, 3.63) is 83.8 Å². The van der Waals surface area contributed by atoms with Crippen LogP contribution in [-0.4, -0.2) is 22.4 Å². The molecule has 2 heterocycles. The Labute approximate surface area is 185 Å². The van der Waals surface area contributed by atoms with Crippen molar-refractivity contribution in [3.63, 3.8) is 0 Å². The van der Waals surface area contributed by atoms with Crippen LogP contribution in [0.25, 0.3) is 22.2 Å². The average Bonchev–Trinajstić information content (AvgIpc) is 2.81. The molecule has 2 aromatic carbocycles. The van der Waals surface area contributed by atoms with E-state index >= 15 is 0 Å². The van der Waals surface area contributed by atoms with Gasteiger partial charge in [0, 0.05) is 30.2 Å². The van der Waals surface area contributed by atoms with E-state index in [9.17, 15) is 9.18 Å². The molecule has 0 saturated carbocycles. The summed E-state index contributed by atoms with van der Waals surface area (Å²) in [7, 11) is 0. The van der Waals surface area contributed by atoms with Gasteiger partial charge in [-0.1, -0.05) is 25.1 Å². The van der Waals surface area contributed by atoms with Crippen molar-refractivity contribution in [3.8, 4) is 11.3 Å². The smallest absolute Gasteiger partial charge is 0.254 e. The van der Waals surface area contributed by atoms with Gasteiger partial charge >= 0.3 is 0 Å². The summed E-state index contributed by atoms with van der Waals surface area (Å²) >= 11 is 0.